The average molecular weight is 254 g/mol. The molecule has 0 N–H and O–H groups in total. The van der Waals surface area contributed by atoms with E-state index in [4.69, 9.17) is 29.6 Å². The number of anilines is 1. The minimum absolute atomic E-state index is 0.0151. The lowest BCUT2D eigenvalue weighted by Gasteiger charge is -2.16. The zero-order valence-corrected chi connectivity index (χ0v) is 9.92. The first kappa shape index (κ1) is 11.3. The molecule has 16 heavy (non-hydrogen) atoms. The van der Waals surface area contributed by atoms with Gasteiger partial charge in [-0.1, -0.05) is 23.2 Å². The van der Waals surface area contributed by atoms with Crippen molar-refractivity contribution >= 4 is 34.8 Å². The van der Waals surface area contributed by atoms with Crippen LogP contribution >= 0.6 is 23.2 Å². The second kappa shape index (κ2) is 4.37. The van der Waals surface area contributed by atoms with Gasteiger partial charge >= 0.3 is 0 Å². The van der Waals surface area contributed by atoms with Crippen molar-refractivity contribution < 1.29 is 4.79 Å². The van der Waals surface area contributed by atoms with Crippen LogP contribution in [0.15, 0.2) is 18.2 Å². The molecular formula is C12H9Cl2NO. The fourth-order valence-corrected chi connectivity index (χ4v) is 2.28. The van der Waals surface area contributed by atoms with Gasteiger partial charge in [0.2, 0.25) is 5.91 Å². The predicted octanol–water partition coefficient (Wildman–Crippen LogP) is 2.98. The van der Waals surface area contributed by atoms with E-state index in [-0.39, 0.29) is 11.8 Å². The Morgan fingerprint density at radius 1 is 1.31 bits per heavy atom. The molecule has 0 radical (unpaired) electrons. The second-order valence-corrected chi connectivity index (χ2v) is 4.57. The topological polar surface area (TPSA) is 20.3 Å². The molecule has 1 saturated heterocycles. The monoisotopic (exact) mass is 253 g/mol. The van der Waals surface area contributed by atoms with Crippen LogP contribution in [0, 0.1) is 18.3 Å². The summed E-state index contributed by atoms with van der Waals surface area (Å²) in [7, 11) is 0. The van der Waals surface area contributed by atoms with Gasteiger partial charge in [-0.2, -0.15) is 0 Å². The maximum atomic E-state index is 11.7. The molecule has 0 bridgehead atoms. The molecule has 1 atom stereocenters. The molecule has 1 unspecified atom stereocenters. The molecule has 0 saturated carbocycles. The first-order valence-corrected chi connectivity index (χ1v) is 5.58. The van der Waals surface area contributed by atoms with Gasteiger partial charge in [-0.25, -0.2) is 0 Å². The highest BCUT2D eigenvalue weighted by Gasteiger charge is 2.29. The van der Waals surface area contributed by atoms with Crippen molar-refractivity contribution in [3.8, 4) is 12.3 Å². The number of benzene rings is 1. The van der Waals surface area contributed by atoms with Gasteiger partial charge in [0, 0.05) is 34.6 Å². The standard InChI is InChI=1S/C12H9Cl2NO/c1-2-8-3-12(16)15(7-8)11-5-9(13)4-10(14)6-11/h1,4-6,8H,3,7H2. The van der Waals surface area contributed by atoms with Crippen LogP contribution in [0.25, 0.3) is 0 Å². The van der Waals surface area contributed by atoms with Crippen LogP contribution in [0.2, 0.25) is 10.0 Å². The van der Waals surface area contributed by atoms with E-state index in [0.29, 0.717) is 28.7 Å². The van der Waals surface area contributed by atoms with E-state index in [9.17, 15) is 4.79 Å². The van der Waals surface area contributed by atoms with E-state index < -0.39 is 0 Å². The Hall–Kier alpha value is -1.17. The van der Waals surface area contributed by atoms with Crippen molar-refractivity contribution in [2.24, 2.45) is 5.92 Å². The number of amides is 1. The van der Waals surface area contributed by atoms with E-state index >= 15 is 0 Å². The van der Waals surface area contributed by atoms with Gasteiger partial charge in [0.25, 0.3) is 0 Å². The van der Waals surface area contributed by atoms with Crippen LogP contribution in [0.3, 0.4) is 0 Å². The number of hydrogen-bond acceptors (Lipinski definition) is 1. The molecule has 2 rings (SSSR count). The van der Waals surface area contributed by atoms with E-state index in [1.807, 2.05) is 0 Å². The summed E-state index contributed by atoms with van der Waals surface area (Å²) in [6, 6.07) is 5.06. The van der Waals surface area contributed by atoms with E-state index in [0.717, 1.165) is 0 Å². The Labute approximate surface area is 104 Å². The van der Waals surface area contributed by atoms with Crippen LogP contribution in [0.5, 0.6) is 0 Å². The number of terminal acetylenes is 1. The zero-order chi connectivity index (χ0) is 11.7. The molecule has 1 aliphatic rings. The van der Waals surface area contributed by atoms with Crippen LogP contribution in [-0.4, -0.2) is 12.5 Å². The van der Waals surface area contributed by atoms with Crippen LogP contribution in [-0.2, 0) is 4.79 Å². The number of carbonyl (C=O) groups is 1. The summed E-state index contributed by atoms with van der Waals surface area (Å²) in [6.45, 7) is 0.534. The van der Waals surface area contributed by atoms with Gasteiger partial charge in [0.1, 0.15) is 0 Å². The van der Waals surface area contributed by atoms with Gasteiger partial charge in [-0.05, 0) is 18.2 Å². The summed E-state index contributed by atoms with van der Waals surface area (Å²) < 4.78 is 0. The highest BCUT2D eigenvalue weighted by molar-refractivity contribution is 6.35. The minimum atomic E-state index is -0.0229. The molecule has 0 aliphatic carbocycles. The molecule has 1 heterocycles. The quantitative estimate of drug-likeness (QED) is 0.705. The van der Waals surface area contributed by atoms with Crippen molar-refractivity contribution in [3.63, 3.8) is 0 Å². The van der Waals surface area contributed by atoms with E-state index in [2.05, 4.69) is 5.92 Å². The average Bonchev–Trinajstić information content (AvgIpc) is 2.58. The largest absolute Gasteiger partial charge is 0.311 e. The minimum Gasteiger partial charge on any atom is -0.311 e. The fraction of sp³-hybridized carbons (Fsp3) is 0.250. The molecule has 1 aromatic carbocycles. The molecule has 1 aromatic rings. The van der Waals surface area contributed by atoms with Crippen molar-refractivity contribution in [2.75, 3.05) is 11.4 Å². The van der Waals surface area contributed by atoms with Gasteiger partial charge in [-0.15, -0.1) is 12.3 Å². The Bertz CT molecular complexity index is 458. The summed E-state index contributed by atoms with van der Waals surface area (Å²) in [4.78, 5) is 13.3. The lowest BCUT2D eigenvalue weighted by molar-refractivity contribution is -0.117. The Morgan fingerprint density at radius 2 is 1.94 bits per heavy atom. The molecule has 1 aliphatic heterocycles. The second-order valence-electron chi connectivity index (χ2n) is 3.70. The highest BCUT2D eigenvalue weighted by Crippen LogP contribution is 2.29. The third-order valence-electron chi connectivity index (χ3n) is 2.52. The van der Waals surface area contributed by atoms with Crippen LogP contribution in [0.1, 0.15) is 6.42 Å². The fourth-order valence-electron chi connectivity index (χ4n) is 1.76. The normalized spacial score (nSPS) is 19.9. The number of halogens is 2. The Balaban J connectivity index is 2.32. The summed E-state index contributed by atoms with van der Waals surface area (Å²) in [5, 5.41) is 1.03. The summed E-state index contributed by atoms with van der Waals surface area (Å²) in [5.41, 5.74) is 0.709. The van der Waals surface area contributed by atoms with Gasteiger partial charge in [-0.3, -0.25) is 4.79 Å². The number of carbonyl (C=O) groups excluding carboxylic acids is 1. The van der Waals surface area contributed by atoms with Crippen molar-refractivity contribution in [3.05, 3.63) is 28.2 Å². The predicted molar refractivity (Wildman–Crippen MR) is 65.8 cm³/mol. The summed E-state index contributed by atoms with van der Waals surface area (Å²) in [6.07, 6.45) is 5.70. The summed E-state index contributed by atoms with van der Waals surface area (Å²) >= 11 is 11.8. The van der Waals surface area contributed by atoms with Gasteiger partial charge < -0.3 is 4.90 Å². The van der Waals surface area contributed by atoms with Crippen molar-refractivity contribution in [1.29, 1.82) is 0 Å². The SMILES string of the molecule is C#CC1CC(=O)N(c2cc(Cl)cc(Cl)c2)C1. The van der Waals surface area contributed by atoms with E-state index in [1.165, 1.54) is 0 Å². The third kappa shape index (κ3) is 2.16. The van der Waals surface area contributed by atoms with E-state index in [1.54, 1.807) is 23.1 Å². The van der Waals surface area contributed by atoms with Crippen LogP contribution < -0.4 is 4.90 Å². The Kier molecular flexibility index (Phi) is 3.09. The van der Waals surface area contributed by atoms with Gasteiger partial charge in [0.05, 0.1) is 0 Å². The molecule has 1 amide bonds. The number of nitrogens with zero attached hydrogens (tertiary/aromatic N) is 1. The maximum absolute atomic E-state index is 11.7. The van der Waals surface area contributed by atoms with Crippen LogP contribution in [0.4, 0.5) is 5.69 Å². The molecule has 0 aromatic heterocycles. The first-order valence-electron chi connectivity index (χ1n) is 4.82. The Morgan fingerprint density at radius 3 is 2.44 bits per heavy atom. The van der Waals surface area contributed by atoms with Crippen molar-refractivity contribution in [2.45, 2.75) is 6.42 Å². The molecule has 4 heteroatoms. The zero-order valence-electron chi connectivity index (χ0n) is 8.41. The smallest absolute Gasteiger partial charge is 0.228 e. The lowest BCUT2D eigenvalue weighted by atomic mass is 10.1. The number of rotatable bonds is 1. The summed E-state index contributed by atoms with van der Waals surface area (Å²) in [5.74, 6) is 2.59. The van der Waals surface area contributed by atoms with Gasteiger partial charge in [0.15, 0.2) is 0 Å². The molecule has 0 spiro atoms. The maximum Gasteiger partial charge on any atom is 0.228 e. The highest BCUT2D eigenvalue weighted by atomic mass is 35.5. The molecule has 2 nitrogen and oxygen atoms in total. The molecule has 1 fully saturated rings. The lowest BCUT2D eigenvalue weighted by Crippen LogP contribution is -2.24. The third-order valence-corrected chi connectivity index (χ3v) is 2.96. The molecule has 82 valence electrons. The van der Waals surface area contributed by atoms with Crippen molar-refractivity contribution in [1.82, 2.24) is 0 Å². The number of hydrogen-bond donors (Lipinski definition) is 0. The molecular weight excluding hydrogens is 245 g/mol. The first-order chi connectivity index (χ1) is 7.60.